The lowest BCUT2D eigenvalue weighted by atomic mass is 10.3. The zero-order chi connectivity index (χ0) is 7.56. The van der Waals surface area contributed by atoms with Gasteiger partial charge in [0.15, 0.2) is 0 Å². The summed E-state index contributed by atoms with van der Waals surface area (Å²) >= 11 is 3.93. The Labute approximate surface area is 63.6 Å². The number of thiol groups is 1. The maximum absolute atomic E-state index is 12.7. The molecule has 0 aliphatic heterocycles. The summed E-state index contributed by atoms with van der Waals surface area (Å²) in [5, 5.41) is 0. The van der Waals surface area contributed by atoms with Crippen LogP contribution in [0, 0.1) is 5.82 Å². The molecule has 3 N–H and O–H groups in total. The van der Waals surface area contributed by atoms with Gasteiger partial charge in [-0.25, -0.2) is 4.39 Å². The summed E-state index contributed by atoms with van der Waals surface area (Å²) in [6.45, 7) is 0. The molecule has 54 valence electrons. The van der Waals surface area contributed by atoms with Crippen molar-refractivity contribution in [3.8, 4) is 0 Å². The van der Waals surface area contributed by atoms with Crippen LogP contribution in [0.5, 0.6) is 0 Å². The van der Waals surface area contributed by atoms with Crippen LogP contribution in [0.4, 0.5) is 10.1 Å². The van der Waals surface area contributed by atoms with Crippen molar-refractivity contribution in [1.29, 1.82) is 0 Å². The third-order valence-corrected chi connectivity index (χ3v) is 1.39. The van der Waals surface area contributed by atoms with E-state index in [1.54, 1.807) is 6.07 Å². The van der Waals surface area contributed by atoms with E-state index < -0.39 is 5.82 Å². The van der Waals surface area contributed by atoms with Crippen LogP contribution in [-0.4, -0.2) is 0 Å². The zero-order valence-electron chi connectivity index (χ0n) is 5.13. The van der Waals surface area contributed by atoms with Crippen LogP contribution in [0.3, 0.4) is 0 Å². The summed E-state index contributed by atoms with van der Waals surface area (Å²) in [6, 6.07) is 4.47. The highest BCUT2D eigenvalue weighted by molar-refractivity contribution is 7.80. The molecule has 0 saturated carbocycles. The predicted octanol–water partition coefficient (Wildman–Crippen LogP) is 1.40. The summed E-state index contributed by atoms with van der Waals surface area (Å²) in [6.07, 6.45) is 0. The van der Waals surface area contributed by atoms with Crippen LogP contribution in [0.1, 0.15) is 0 Å². The van der Waals surface area contributed by atoms with E-state index in [0.29, 0.717) is 4.90 Å². The number of nitrogen functional groups attached to an aromatic ring is 1. The lowest BCUT2D eigenvalue weighted by Gasteiger charge is -2.00. The monoisotopic (exact) mass is 158 g/mol. The Morgan fingerprint density at radius 1 is 1.50 bits per heavy atom. The predicted molar refractivity (Wildman–Crippen MR) is 41.5 cm³/mol. The number of rotatable bonds is 1. The Morgan fingerprint density at radius 3 is 2.70 bits per heavy atom. The molecule has 0 aromatic heterocycles. The van der Waals surface area contributed by atoms with Crippen molar-refractivity contribution < 1.29 is 4.39 Å². The van der Waals surface area contributed by atoms with Gasteiger partial charge in [0.1, 0.15) is 5.82 Å². The topological polar surface area (TPSA) is 38.0 Å². The lowest BCUT2D eigenvalue weighted by Crippen LogP contribution is -2.08. The van der Waals surface area contributed by atoms with E-state index in [0.717, 1.165) is 0 Å². The van der Waals surface area contributed by atoms with E-state index >= 15 is 0 Å². The van der Waals surface area contributed by atoms with Gasteiger partial charge in [0.05, 0.1) is 5.69 Å². The SMILES string of the molecule is NNc1ccc(S)cc1F. The first kappa shape index (κ1) is 7.37. The van der Waals surface area contributed by atoms with Crippen molar-refractivity contribution in [2.45, 2.75) is 4.90 Å². The van der Waals surface area contributed by atoms with E-state index in [1.165, 1.54) is 12.1 Å². The Morgan fingerprint density at radius 2 is 2.20 bits per heavy atom. The molecule has 0 fully saturated rings. The molecule has 1 aromatic carbocycles. The average molecular weight is 158 g/mol. The molecule has 0 saturated heterocycles. The van der Waals surface area contributed by atoms with Crippen molar-refractivity contribution in [2.24, 2.45) is 5.84 Å². The van der Waals surface area contributed by atoms with Crippen LogP contribution in [0.25, 0.3) is 0 Å². The molecule has 4 heteroatoms. The van der Waals surface area contributed by atoms with Gasteiger partial charge in [-0.1, -0.05) is 0 Å². The third-order valence-electron chi connectivity index (χ3n) is 1.11. The summed E-state index contributed by atoms with van der Waals surface area (Å²) in [5.41, 5.74) is 2.49. The summed E-state index contributed by atoms with van der Waals surface area (Å²) in [5.74, 6) is 4.59. The summed E-state index contributed by atoms with van der Waals surface area (Å²) < 4.78 is 12.7. The zero-order valence-corrected chi connectivity index (χ0v) is 6.03. The molecule has 10 heavy (non-hydrogen) atoms. The van der Waals surface area contributed by atoms with E-state index in [1.807, 2.05) is 0 Å². The van der Waals surface area contributed by atoms with Gasteiger partial charge in [-0.05, 0) is 18.2 Å². The van der Waals surface area contributed by atoms with Crippen LogP contribution >= 0.6 is 12.6 Å². The molecule has 0 heterocycles. The maximum atomic E-state index is 12.7. The molecule has 0 aliphatic rings. The number of anilines is 1. The highest BCUT2D eigenvalue weighted by atomic mass is 32.1. The van der Waals surface area contributed by atoms with Crippen LogP contribution in [0.15, 0.2) is 23.1 Å². The molecule has 0 spiro atoms. The second-order valence-electron chi connectivity index (χ2n) is 1.81. The van der Waals surface area contributed by atoms with Crippen molar-refractivity contribution in [3.05, 3.63) is 24.0 Å². The fourth-order valence-corrected chi connectivity index (χ4v) is 0.809. The molecule has 0 amide bonds. The molecular weight excluding hydrogens is 151 g/mol. The van der Waals surface area contributed by atoms with Crippen molar-refractivity contribution in [1.82, 2.24) is 0 Å². The Balaban J connectivity index is 3.07. The quantitative estimate of drug-likeness (QED) is 0.328. The Hall–Kier alpha value is -0.740. The van der Waals surface area contributed by atoms with Gasteiger partial charge >= 0.3 is 0 Å². The number of benzene rings is 1. The van der Waals surface area contributed by atoms with E-state index in [9.17, 15) is 4.39 Å². The third kappa shape index (κ3) is 1.40. The number of nitrogens with one attached hydrogen (secondary N) is 1. The van der Waals surface area contributed by atoms with E-state index in [-0.39, 0.29) is 5.69 Å². The van der Waals surface area contributed by atoms with Gasteiger partial charge in [-0.3, -0.25) is 5.84 Å². The minimum absolute atomic E-state index is 0.276. The van der Waals surface area contributed by atoms with Crippen LogP contribution in [-0.2, 0) is 0 Å². The minimum atomic E-state index is -0.394. The number of hydrogen-bond acceptors (Lipinski definition) is 3. The first-order valence-corrected chi connectivity index (χ1v) is 3.14. The molecule has 0 bridgehead atoms. The Kier molecular flexibility index (Phi) is 2.13. The van der Waals surface area contributed by atoms with Gasteiger partial charge in [-0.15, -0.1) is 12.6 Å². The Bertz CT molecular complexity index is 239. The first-order chi connectivity index (χ1) is 4.74. The molecular formula is C6H7FN2S. The molecule has 0 unspecified atom stereocenters. The fourth-order valence-electron chi connectivity index (χ4n) is 0.621. The first-order valence-electron chi connectivity index (χ1n) is 2.69. The van der Waals surface area contributed by atoms with Crippen molar-refractivity contribution >= 4 is 18.3 Å². The molecule has 0 atom stereocenters. The fraction of sp³-hybridized carbons (Fsp3) is 0. The maximum Gasteiger partial charge on any atom is 0.148 e. The average Bonchev–Trinajstić information content (AvgIpc) is 1.88. The number of hydrogen-bond donors (Lipinski definition) is 3. The lowest BCUT2D eigenvalue weighted by molar-refractivity contribution is 0.627. The highest BCUT2D eigenvalue weighted by Crippen LogP contribution is 2.15. The van der Waals surface area contributed by atoms with Gasteiger partial charge in [0.2, 0.25) is 0 Å². The standard InChI is InChI=1S/C6H7FN2S/c7-5-3-4(10)1-2-6(5)9-8/h1-3,9-10H,8H2. The van der Waals surface area contributed by atoms with Crippen molar-refractivity contribution in [3.63, 3.8) is 0 Å². The summed E-state index contributed by atoms with van der Waals surface area (Å²) in [4.78, 5) is 0.580. The molecule has 0 aliphatic carbocycles. The van der Waals surface area contributed by atoms with E-state index in [2.05, 4.69) is 18.1 Å². The van der Waals surface area contributed by atoms with Crippen molar-refractivity contribution in [2.75, 3.05) is 5.43 Å². The van der Waals surface area contributed by atoms with Gasteiger partial charge in [0, 0.05) is 4.90 Å². The minimum Gasteiger partial charge on any atom is -0.321 e. The normalized spacial score (nSPS) is 9.50. The molecule has 1 rings (SSSR count). The van der Waals surface area contributed by atoms with Crippen LogP contribution < -0.4 is 11.3 Å². The number of nitrogens with two attached hydrogens (primary N) is 1. The van der Waals surface area contributed by atoms with E-state index in [4.69, 9.17) is 5.84 Å². The largest absolute Gasteiger partial charge is 0.321 e. The second-order valence-corrected chi connectivity index (χ2v) is 2.32. The second kappa shape index (κ2) is 2.90. The summed E-state index contributed by atoms with van der Waals surface area (Å²) in [7, 11) is 0. The molecule has 0 radical (unpaired) electrons. The number of halogens is 1. The van der Waals surface area contributed by atoms with Gasteiger partial charge in [0.25, 0.3) is 0 Å². The molecule has 2 nitrogen and oxygen atoms in total. The molecule has 1 aromatic rings. The van der Waals surface area contributed by atoms with Gasteiger partial charge in [-0.2, -0.15) is 0 Å². The van der Waals surface area contributed by atoms with Gasteiger partial charge < -0.3 is 5.43 Å². The highest BCUT2D eigenvalue weighted by Gasteiger charge is 1.97. The smallest absolute Gasteiger partial charge is 0.148 e. The number of hydrazine groups is 1. The van der Waals surface area contributed by atoms with Crippen LogP contribution in [0.2, 0.25) is 0 Å².